The maximum atomic E-state index is 12.3. The fourth-order valence-electron chi connectivity index (χ4n) is 3.05. The van der Waals surface area contributed by atoms with Crippen LogP contribution in [0.3, 0.4) is 0 Å². The third kappa shape index (κ3) is 3.22. The van der Waals surface area contributed by atoms with Gasteiger partial charge in [0.1, 0.15) is 5.75 Å². The monoisotopic (exact) mass is 305 g/mol. The van der Waals surface area contributed by atoms with Gasteiger partial charge in [0.15, 0.2) is 0 Å². The number of aliphatic carboxylic acids is 1. The zero-order valence-electron chi connectivity index (χ0n) is 12.3. The SMILES string of the molecule is O=C(O)CC1(NC(=O)Cc2ccc3c(c2)CCO3)CCOC1. The molecule has 2 N–H and O–H groups in total. The number of benzene rings is 1. The molecule has 0 saturated carbocycles. The van der Waals surface area contributed by atoms with Crippen LogP contribution in [0.2, 0.25) is 0 Å². The van der Waals surface area contributed by atoms with Gasteiger partial charge in [-0.2, -0.15) is 0 Å². The van der Waals surface area contributed by atoms with Crippen LogP contribution < -0.4 is 10.1 Å². The summed E-state index contributed by atoms with van der Waals surface area (Å²) in [4.78, 5) is 23.3. The summed E-state index contributed by atoms with van der Waals surface area (Å²) < 4.78 is 10.7. The van der Waals surface area contributed by atoms with Gasteiger partial charge in [-0.05, 0) is 23.6 Å². The summed E-state index contributed by atoms with van der Waals surface area (Å²) in [6.07, 6.45) is 1.51. The summed E-state index contributed by atoms with van der Waals surface area (Å²) in [5, 5.41) is 11.9. The van der Waals surface area contributed by atoms with Crippen molar-refractivity contribution in [1.29, 1.82) is 0 Å². The number of carboxylic acid groups (broad SMARTS) is 1. The van der Waals surface area contributed by atoms with Gasteiger partial charge in [-0.1, -0.05) is 12.1 Å². The normalized spacial score (nSPS) is 22.9. The Morgan fingerprint density at radius 1 is 1.32 bits per heavy atom. The zero-order valence-corrected chi connectivity index (χ0v) is 12.3. The molecule has 0 aliphatic carbocycles. The molecule has 2 aliphatic rings. The van der Waals surface area contributed by atoms with E-state index in [2.05, 4.69) is 5.32 Å². The number of fused-ring (bicyclic) bond motifs is 1. The molecule has 6 nitrogen and oxygen atoms in total. The number of amides is 1. The largest absolute Gasteiger partial charge is 0.493 e. The third-order valence-corrected chi connectivity index (χ3v) is 4.12. The van der Waals surface area contributed by atoms with E-state index in [4.69, 9.17) is 14.6 Å². The third-order valence-electron chi connectivity index (χ3n) is 4.12. The first kappa shape index (κ1) is 14.8. The molecule has 1 saturated heterocycles. The van der Waals surface area contributed by atoms with Crippen molar-refractivity contribution in [2.24, 2.45) is 0 Å². The van der Waals surface area contributed by atoms with Gasteiger partial charge in [0, 0.05) is 13.0 Å². The summed E-state index contributed by atoms with van der Waals surface area (Å²) in [6, 6.07) is 5.74. The van der Waals surface area contributed by atoms with Crippen LogP contribution in [0.4, 0.5) is 0 Å². The highest BCUT2D eigenvalue weighted by atomic mass is 16.5. The van der Waals surface area contributed by atoms with Crippen LogP contribution in [-0.4, -0.2) is 42.3 Å². The summed E-state index contributed by atoms with van der Waals surface area (Å²) in [5.41, 5.74) is 1.25. The molecule has 118 valence electrons. The fraction of sp³-hybridized carbons (Fsp3) is 0.500. The van der Waals surface area contributed by atoms with Crippen LogP contribution >= 0.6 is 0 Å². The van der Waals surface area contributed by atoms with Crippen molar-refractivity contribution in [2.75, 3.05) is 19.8 Å². The number of carboxylic acids is 1. The Bertz CT molecular complexity index is 592. The molecule has 1 atom stereocenters. The Balaban J connectivity index is 1.65. The number of ether oxygens (including phenoxy) is 2. The topological polar surface area (TPSA) is 84.9 Å². The first-order chi connectivity index (χ1) is 10.6. The smallest absolute Gasteiger partial charge is 0.305 e. The molecule has 0 radical (unpaired) electrons. The minimum Gasteiger partial charge on any atom is -0.493 e. The minimum atomic E-state index is -0.930. The van der Waals surface area contributed by atoms with Gasteiger partial charge in [-0.25, -0.2) is 0 Å². The average molecular weight is 305 g/mol. The van der Waals surface area contributed by atoms with E-state index in [1.54, 1.807) is 0 Å². The Hall–Kier alpha value is -2.08. The van der Waals surface area contributed by atoms with E-state index in [0.29, 0.717) is 19.6 Å². The number of rotatable bonds is 5. The van der Waals surface area contributed by atoms with Crippen LogP contribution in [0.25, 0.3) is 0 Å². The zero-order chi connectivity index (χ0) is 15.6. The molecule has 6 heteroatoms. The Kier molecular flexibility index (Phi) is 4.02. The van der Waals surface area contributed by atoms with Gasteiger partial charge in [-0.3, -0.25) is 9.59 Å². The lowest BCUT2D eigenvalue weighted by molar-refractivity contribution is -0.139. The highest BCUT2D eigenvalue weighted by molar-refractivity contribution is 5.80. The van der Waals surface area contributed by atoms with Crippen molar-refractivity contribution < 1.29 is 24.2 Å². The summed E-state index contributed by atoms with van der Waals surface area (Å²) in [6.45, 7) is 1.41. The van der Waals surface area contributed by atoms with E-state index in [1.807, 2.05) is 18.2 Å². The van der Waals surface area contributed by atoms with Crippen LogP contribution in [0, 0.1) is 0 Å². The lowest BCUT2D eigenvalue weighted by Crippen LogP contribution is -2.51. The standard InChI is InChI=1S/C16H19NO5/c18-14(17-16(9-15(19)20)4-6-21-10-16)8-11-1-2-13-12(7-11)3-5-22-13/h1-2,7H,3-6,8-10H2,(H,17,18)(H,19,20). The van der Waals surface area contributed by atoms with Gasteiger partial charge in [0.25, 0.3) is 0 Å². The molecule has 0 spiro atoms. The lowest BCUT2D eigenvalue weighted by atomic mass is 9.93. The first-order valence-corrected chi connectivity index (χ1v) is 7.41. The number of carbonyl (C=O) groups excluding carboxylic acids is 1. The van der Waals surface area contributed by atoms with Gasteiger partial charge >= 0.3 is 5.97 Å². The minimum absolute atomic E-state index is 0.114. The summed E-state index contributed by atoms with van der Waals surface area (Å²) in [7, 11) is 0. The fourth-order valence-corrected chi connectivity index (χ4v) is 3.05. The molecule has 1 aromatic carbocycles. The van der Waals surface area contributed by atoms with Crippen molar-refractivity contribution >= 4 is 11.9 Å². The Morgan fingerprint density at radius 3 is 2.91 bits per heavy atom. The molecule has 1 fully saturated rings. The second kappa shape index (κ2) is 5.96. The van der Waals surface area contributed by atoms with Crippen molar-refractivity contribution in [1.82, 2.24) is 5.32 Å². The maximum Gasteiger partial charge on any atom is 0.305 e. The Labute approximate surface area is 128 Å². The van der Waals surface area contributed by atoms with E-state index >= 15 is 0 Å². The first-order valence-electron chi connectivity index (χ1n) is 7.41. The van der Waals surface area contributed by atoms with E-state index in [0.717, 1.165) is 23.3 Å². The number of nitrogens with one attached hydrogen (secondary N) is 1. The van der Waals surface area contributed by atoms with Gasteiger partial charge in [0.2, 0.25) is 5.91 Å². The van der Waals surface area contributed by atoms with Crippen LogP contribution in [0.15, 0.2) is 18.2 Å². The second-order valence-electron chi connectivity index (χ2n) is 5.92. The number of hydrogen-bond donors (Lipinski definition) is 2. The van der Waals surface area contributed by atoms with Crippen molar-refractivity contribution in [3.63, 3.8) is 0 Å². The average Bonchev–Trinajstić information content (AvgIpc) is 3.06. The molecule has 0 aromatic heterocycles. The number of carbonyl (C=O) groups is 2. The highest BCUT2D eigenvalue weighted by Crippen LogP contribution is 2.26. The van der Waals surface area contributed by atoms with Crippen molar-refractivity contribution in [3.05, 3.63) is 29.3 Å². The van der Waals surface area contributed by atoms with E-state index in [-0.39, 0.29) is 25.4 Å². The molecule has 0 bridgehead atoms. The molecule has 1 unspecified atom stereocenters. The Morgan fingerprint density at radius 2 is 2.18 bits per heavy atom. The van der Waals surface area contributed by atoms with Crippen LogP contribution in [0.5, 0.6) is 5.75 Å². The molecule has 2 heterocycles. The molecule has 1 amide bonds. The molecule has 22 heavy (non-hydrogen) atoms. The molecular formula is C16H19NO5. The van der Waals surface area contributed by atoms with Gasteiger partial charge in [0.05, 0.1) is 31.6 Å². The highest BCUT2D eigenvalue weighted by Gasteiger charge is 2.38. The summed E-state index contributed by atoms with van der Waals surface area (Å²) in [5.74, 6) is -0.221. The quantitative estimate of drug-likeness (QED) is 0.845. The second-order valence-corrected chi connectivity index (χ2v) is 5.92. The molecule has 3 rings (SSSR count). The predicted octanol–water partition coefficient (Wildman–Crippen LogP) is 0.914. The van der Waals surface area contributed by atoms with E-state index < -0.39 is 11.5 Å². The van der Waals surface area contributed by atoms with Gasteiger partial charge < -0.3 is 19.9 Å². The molecular weight excluding hydrogens is 286 g/mol. The van der Waals surface area contributed by atoms with E-state index in [1.165, 1.54) is 0 Å². The van der Waals surface area contributed by atoms with Crippen molar-refractivity contribution in [3.8, 4) is 5.75 Å². The molecule has 1 aromatic rings. The van der Waals surface area contributed by atoms with Crippen LogP contribution in [-0.2, 0) is 27.2 Å². The number of hydrogen-bond acceptors (Lipinski definition) is 4. The van der Waals surface area contributed by atoms with Crippen LogP contribution in [0.1, 0.15) is 24.0 Å². The van der Waals surface area contributed by atoms with Gasteiger partial charge in [-0.15, -0.1) is 0 Å². The summed E-state index contributed by atoms with van der Waals surface area (Å²) >= 11 is 0. The van der Waals surface area contributed by atoms with Crippen molar-refractivity contribution in [2.45, 2.75) is 31.2 Å². The molecule has 2 aliphatic heterocycles. The lowest BCUT2D eigenvalue weighted by Gasteiger charge is -2.27. The van der Waals surface area contributed by atoms with E-state index in [9.17, 15) is 9.59 Å². The maximum absolute atomic E-state index is 12.3. The predicted molar refractivity (Wildman–Crippen MR) is 77.9 cm³/mol.